The fraction of sp³-hybridized carbons (Fsp3) is 0.0889. The zero-order chi connectivity index (χ0) is 62.7. The molecule has 2 aliphatic heterocycles. The molecule has 0 fully saturated rings. The normalized spacial score (nSPS) is 12.8. The van der Waals surface area contributed by atoms with E-state index in [9.17, 15) is 0 Å². The quantitative estimate of drug-likeness (QED) is 0.105. The zero-order valence-electron chi connectivity index (χ0n) is 53.4. The Morgan fingerprint density at radius 2 is 0.591 bits per heavy atom. The molecule has 17 rings (SSSR count). The SMILES string of the molecule is CC(C)(C)c1ccc(-c2cc3c4c(c2)N(c2c(-c5ccccc5)cccc2-c2ccccc2)c2cc(-c5cc6ccc7cc(C(C)(C)C)cc8ccc(c5)c6c78)ccc2B4c2cc(-c4ccccc4)ccc2N3c2c(-c3ccccc3)cccc2-c2ccccc2)cc1. The van der Waals surface area contributed by atoms with Crippen molar-refractivity contribution in [3.05, 3.63) is 321 Å². The Labute approximate surface area is 546 Å². The Balaban J connectivity index is 1.01. The molecule has 3 heteroatoms. The molecule has 15 aromatic rings. The van der Waals surface area contributed by atoms with Gasteiger partial charge in [0.2, 0.25) is 0 Å². The van der Waals surface area contributed by atoms with Crippen LogP contribution in [0, 0.1) is 0 Å². The minimum absolute atomic E-state index is 0.0269. The van der Waals surface area contributed by atoms with Crippen molar-refractivity contribution < 1.29 is 0 Å². The molecule has 442 valence electrons. The molecule has 0 saturated carbocycles. The van der Waals surface area contributed by atoms with Gasteiger partial charge in [-0.3, -0.25) is 0 Å². The molecule has 0 radical (unpaired) electrons. The van der Waals surface area contributed by atoms with Crippen LogP contribution in [0.4, 0.5) is 34.1 Å². The van der Waals surface area contributed by atoms with Crippen molar-refractivity contribution in [2.75, 3.05) is 9.80 Å². The van der Waals surface area contributed by atoms with Crippen LogP contribution in [-0.4, -0.2) is 6.71 Å². The van der Waals surface area contributed by atoms with E-state index < -0.39 is 0 Å². The van der Waals surface area contributed by atoms with Crippen LogP contribution in [-0.2, 0) is 10.8 Å². The van der Waals surface area contributed by atoms with E-state index >= 15 is 0 Å². The lowest BCUT2D eigenvalue weighted by atomic mass is 9.33. The van der Waals surface area contributed by atoms with Gasteiger partial charge < -0.3 is 9.80 Å². The van der Waals surface area contributed by atoms with Crippen molar-refractivity contribution in [3.63, 3.8) is 0 Å². The molecule has 0 unspecified atom stereocenters. The fourth-order valence-corrected chi connectivity index (χ4v) is 15.2. The number of nitrogens with zero attached hydrogens (tertiary/aromatic N) is 2. The third-order valence-electron chi connectivity index (χ3n) is 19.9. The molecular weight excluding hydrogens is 1120 g/mol. The molecule has 0 saturated heterocycles. The molecule has 15 aromatic carbocycles. The molecular formula is C90H69BN2. The van der Waals surface area contributed by atoms with Gasteiger partial charge in [-0.25, -0.2) is 0 Å². The van der Waals surface area contributed by atoms with E-state index in [1.807, 2.05) is 0 Å². The van der Waals surface area contributed by atoms with Crippen LogP contribution in [0.3, 0.4) is 0 Å². The third-order valence-corrected chi connectivity index (χ3v) is 19.9. The summed E-state index contributed by atoms with van der Waals surface area (Å²) in [5, 5.41) is 7.75. The van der Waals surface area contributed by atoms with Crippen LogP contribution >= 0.6 is 0 Å². The van der Waals surface area contributed by atoms with Crippen molar-refractivity contribution in [2.24, 2.45) is 0 Å². The van der Waals surface area contributed by atoms with E-state index in [1.54, 1.807) is 0 Å². The Kier molecular flexibility index (Phi) is 13.2. The molecule has 93 heavy (non-hydrogen) atoms. The minimum atomic E-state index is -0.195. The topological polar surface area (TPSA) is 6.48 Å². The van der Waals surface area contributed by atoms with Crippen LogP contribution in [0.15, 0.2) is 309 Å². The van der Waals surface area contributed by atoms with E-state index in [0.717, 1.165) is 95.3 Å². The van der Waals surface area contributed by atoms with Gasteiger partial charge in [0.15, 0.2) is 0 Å². The average molecular weight is 1190 g/mol. The second kappa shape index (κ2) is 21.9. The first kappa shape index (κ1) is 56.0. The average Bonchev–Trinajstić information content (AvgIpc) is 0.691. The van der Waals surface area contributed by atoms with E-state index in [4.69, 9.17) is 0 Å². The van der Waals surface area contributed by atoms with Crippen molar-refractivity contribution in [1.82, 2.24) is 0 Å². The minimum Gasteiger partial charge on any atom is -0.310 e. The molecule has 0 aliphatic carbocycles. The number of fused-ring (bicyclic) bond motifs is 4. The van der Waals surface area contributed by atoms with Crippen LogP contribution in [0.25, 0.3) is 110 Å². The number of rotatable bonds is 9. The Hall–Kier alpha value is -11.0. The Morgan fingerprint density at radius 1 is 0.237 bits per heavy atom. The molecule has 0 atom stereocenters. The van der Waals surface area contributed by atoms with Crippen molar-refractivity contribution in [1.29, 1.82) is 0 Å². The summed E-state index contributed by atoms with van der Waals surface area (Å²) in [6.45, 7) is 13.7. The highest BCUT2D eigenvalue weighted by Crippen LogP contribution is 2.54. The summed E-state index contributed by atoms with van der Waals surface area (Å²) in [6, 6.07) is 117. The summed E-state index contributed by atoms with van der Waals surface area (Å²) in [6.07, 6.45) is 0. The van der Waals surface area contributed by atoms with Gasteiger partial charge in [0.05, 0.1) is 11.4 Å². The van der Waals surface area contributed by atoms with Gasteiger partial charge in [0.1, 0.15) is 0 Å². The molecule has 2 nitrogen and oxygen atoms in total. The van der Waals surface area contributed by atoms with E-state index in [2.05, 4.69) is 361 Å². The lowest BCUT2D eigenvalue weighted by Crippen LogP contribution is -2.61. The number of hydrogen-bond acceptors (Lipinski definition) is 2. The first-order valence-corrected chi connectivity index (χ1v) is 32.8. The highest BCUT2D eigenvalue weighted by atomic mass is 15.2. The monoisotopic (exact) mass is 1190 g/mol. The zero-order valence-corrected chi connectivity index (χ0v) is 53.4. The van der Waals surface area contributed by atoms with Gasteiger partial charge in [0.25, 0.3) is 6.71 Å². The fourth-order valence-electron chi connectivity index (χ4n) is 15.2. The van der Waals surface area contributed by atoms with Crippen LogP contribution in [0.2, 0.25) is 0 Å². The molecule has 0 spiro atoms. The van der Waals surface area contributed by atoms with Gasteiger partial charge in [-0.15, -0.1) is 0 Å². The summed E-state index contributed by atoms with van der Waals surface area (Å²) in [7, 11) is 0. The number of hydrogen-bond donors (Lipinski definition) is 0. The maximum atomic E-state index is 2.69. The van der Waals surface area contributed by atoms with Gasteiger partial charge in [-0.1, -0.05) is 315 Å². The lowest BCUT2D eigenvalue weighted by molar-refractivity contribution is 0.590. The number of para-hydroxylation sites is 2. The summed E-state index contributed by atoms with van der Waals surface area (Å²) >= 11 is 0. The Bertz CT molecular complexity index is 5190. The summed E-state index contributed by atoms with van der Waals surface area (Å²) < 4.78 is 0. The second-order valence-corrected chi connectivity index (χ2v) is 27.6. The molecule has 0 bridgehead atoms. The number of benzene rings is 15. The van der Waals surface area contributed by atoms with Gasteiger partial charge in [-0.2, -0.15) is 0 Å². The van der Waals surface area contributed by atoms with Crippen molar-refractivity contribution in [3.8, 4) is 77.9 Å². The molecule has 0 amide bonds. The Morgan fingerprint density at radius 3 is 1.03 bits per heavy atom. The maximum absolute atomic E-state index is 2.69. The largest absolute Gasteiger partial charge is 0.310 e. The van der Waals surface area contributed by atoms with Gasteiger partial charge >= 0.3 is 0 Å². The molecule has 2 heterocycles. The van der Waals surface area contributed by atoms with Crippen LogP contribution in [0.1, 0.15) is 52.7 Å². The predicted molar refractivity (Wildman–Crippen MR) is 400 cm³/mol. The predicted octanol–water partition coefficient (Wildman–Crippen LogP) is 22.9. The first-order chi connectivity index (χ1) is 45.4. The number of anilines is 6. The smallest absolute Gasteiger partial charge is 0.252 e. The second-order valence-electron chi connectivity index (χ2n) is 27.6. The summed E-state index contributed by atoms with van der Waals surface area (Å²) in [5.41, 5.74) is 29.5. The third kappa shape index (κ3) is 9.47. The first-order valence-electron chi connectivity index (χ1n) is 32.8. The van der Waals surface area contributed by atoms with Crippen LogP contribution in [0.5, 0.6) is 0 Å². The molecule has 0 aromatic heterocycles. The molecule has 0 N–H and O–H groups in total. The standard InChI is InChI=1S/C90H69BN2/c1-89(2,3)72-46-42-59(43-47-72)71-56-82-86-83(57-71)93(88-76(62-30-18-10-19-31-62)36-23-37-77(88)63-32-20-11-21-33-63)81-55-65(70-50-66-38-40-68-52-73(90(4,5)6)53-69-41-39-67(51-70)84(66)85(68)69)44-48-78(81)91(86)79-54-64(58-24-12-7-13-25-58)45-49-80(79)92(82)87-74(60-26-14-8-15-27-60)34-22-35-75(87)61-28-16-9-17-29-61/h7-57H,1-6H3. The van der Waals surface area contributed by atoms with Crippen molar-refractivity contribution in [2.45, 2.75) is 52.4 Å². The summed E-state index contributed by atoms with van der Waals surface area (Å²) in [5.74, 6) is 0. The molecule has 2 aliphatic rings. The van der Waals surface area contributed by atoms with Crippen molar-refractivity contribution >= 4 is 89.5 Å². The van der Waals surface area contributed by atoms with E-state index in [1.165, 1.54) is 76.5 Å². The highest BCUT2D eigenvalue weighted by Gasteiger charge is 2.46. The van der Waals surface area contributed by atoms with Crippen LogP contribution < -0.4 is 26.2 Å². The summed E-state index contributed by atoms with van der Waals surface area (Å²) in [4.78, 5) is 5.35. The van der Waals surface area contributed by atoms with Gasteiger partial charge in [-0.05, 0) is 163 Å². The highest BCUT2D eigenvalue weighted by molar-refractivity contribution is 7.00. The van der Waals surface area contributed by atoms with E-state index in [0.29, 0.717) is 0 Å². The van der Waals surface area contributed by atoms with Gasteiger partial charge in [0, 0.05) is 45.0 Å². The lowest BCUT2D eigenvalue weighted by Gasteiger charge is -2.46. The maximum Gasteiger partial charge on any atom is 0.252 e. The van der Waals surface area contributed by atoms with E-state index in [-0.39, 0.29) is 17.5 Å².